The molecule has 2 rings (SSSR count). The zero-order valence-electron chi connectivity index (χ0n) is 17.2. The summed E-state index contributed by atoms with van der Waals surface area (Å²) in [5.41, 5.74) is 1.72. The van der Waals surface area contributed by atoms with Crippen molar-refractivity contribution in [3.8, 4) is 16.9 Å². The summed E-state index contributed by atoms with van der Waals surface area (Å²) in [5.74, 6) is 0.116. The van der Waals surface area contributed by atoms with Crippen LogP contribution in [-0.2, 0) is 14.8 Å². The Morgan fingerprint density at radius 3 is 2.50 bits per heavy atom. The van der Waals surface area contributed by atoms with Gasteiger partial charge in [0.15, 0.2) is 0 Å². The standard InChI is InChI=1S/C20H24N2O5S3/c1-6-26-19(23)18-16(17(21-4)20(28-5)29-18)14-7-9-15(10-8-14)27-12-11-22-30(24,25)13(2)3/h7-10,13,22H,6,11-12H2,1-3,5H3. The first-order valence-electron chi connectivity index (χ1n) is 9.22. The zero-order chi connectivity index (χ0) is 22.3. The number of thiophene rings is 1. The Morgan fingerprint density at radius 2 is 1.97 bits per heavy atom. The number of rotatable bonds is 10. The fourth-order valence-electron chi connectivity index (χ4n) is 2.49. The number of hydrogen-bond acceptors (Lipinski definition) is 7. The SMILES string of the molecule is [C-]#[N+]c1c(SC)sc(C(=O)OCC)c1-c1ccc(OCCNS(=O)(=O)C(C)C)cc1. The lowest BCUT2D eigenvalue weighted by Crippen LogP contribution is -2.33. The first-order chi connectivity index (χ1) is 14.2. The van der Waals surface area contributed by atoms with E-state index in [9.17, 15) is 13.2 Å². The van der Waals surface area contributed by atoms with Crippen molar-refractivity contribution in [2.75, 3.05) is 26.0 Å². The van der Waals surface area contributed by atoms with E-state index in [4.69, 9.17) is 16.0 Å². The van der Waals surface area contributed by atoms with Gasteiger partial charge in [-0.05, 0) is 44.7 Å². The fraction of sp³-hybridized carbons (Fsp3) is 0.400. The first-order valence-corrected chi connectivity index (χ1v) is 12.8. The molecule has 1 aromatic heterocycles. The van der Waals surface area contributed by atoms with Gasteiger partial charge in [-0.15, -0.1) is 23.1 Å². The van der Waals surface area contributed by atoms with Crippen molar-refractivity contribution in [2.24, 2.45) is 0 Å². The monoisotopic (exact) mass is 468 g/mol. The predicted molar refractivity (Wildman–Crippen MR) is 121 cm³/mol. The fourth-order valence-corrected chi connectivity index (χ4v) is 5.00. The van der Waals surface area contributed by atoms with Gasteiger partial charge in [0.1, 0.15) is 17.2 Å². The number of nitrogens with zero attached hydrogens (tertiary/aromatic N) is 1. The Labute approximate surface area is 185 Å². The lowest BCUT2D eigenvalue weighted by atomic mass is 10.0. The molecule has 0 unspecified atom stereocenters. The Bertz CT molecular complexity index is 1020. The number of thioether (sulfide) groups is 1. The van der Waals surface area contributed by atoms with E-state index >= 15 is 0 Å². The smallest absolute Gasteiger partial charge is 0.347 e. The summed E-state index contributed by atoms with van der Waals surface area (Å²) in [6.45, 7) is 13.1. The molecule has 0 aliphatic carbocycles. The summed E-state index contributed by atoms with van der Waals surface area (Å²) in [7, 11) is -3.32. The molecule has 2 aromatic rings. The van der Waals surface area contributed by atoms with E-state index in [1.165, 1.54) is 23.1 Å². The van der Waals surface area contributed by atoms with Gasteiger partial charge < -0.3 is 9.47 Å². The zero-order valence-corrected chi connectivity index (χ0v) is 19.7. The third kappa shape index (κ3) is 5.76. The van der Waals surface area contributed by atoms with E-state index in [0.717, 1.165) is 4.21 Å². The van der Waals surface area contributed by atoms with E-state index in [0.29, 0.717) is 27.4 Å². The van der Waals surface area contributed by atoms with Gasteiger partial charge in [-0.3, -0.25) is 0 Å². The summed E-state index contributed by atoms with van der Waals surface area (Å²) in [5, 5.41) is -0.501. The van der Waals surface area contributed by atoms with Crippen LogP contribution in [0.5, 0.6) is 5.75 Å². The molecule has 10 heteroatoms. The number of esters is 1. The van der Waals surface area contributed by atoms with Gasteiger partial charge in [0.25, 0.3) is 0 Å². The van der Waals surface area contributed by atoms with Crippen molar-refractivity contribution in [3.05, 3.63) is 40.6 Å². The van der Waals surface area contributed by atoms with E-state index in [1.54, 1.807) is 45.0 Å². The normalized spacial score (nSPS) is 11.3. The van der Waals surface area contributed by atoms with Crippen LogP contribution in [-0.4, -0.2) is 45.7 Å². The van der Waals surface area contributed by atoms with Gasteiger partial charge in [0, 0.05) is 12.1 Å². The molecule has 0 amide bonds. The summed E-state index contributed by atoms with van der Waals surface area (Å²) in [6, 6.07) is 7.01. The molecular formula is C20H24N2O5S3. The molecular weight excluding hydrogens is 444 g/mol. The predicted octanol–water partition coefficient (Wildman–Crippen LogP) is 4.57. The number of carbonyl (C=O) groups is 1. The Morgan fingerprint density at radius 1 is 1.30 bits per heavy atom. The number of benzene rings is 1. The second kappa shape index (κ2) is 10.8. The number of hydrogen-bond donors (Lipinski definition) is 1. The van der Waals surface area contributed by atoms with Gasteiger partial charge in [-0.2, -0.15) is 0 Å². The van der Waals surface area contributed by atoms with Crippen molar-refractivity contribution >= 4 is 44.8 Å². The number of carbonyl (C=O) groups excluding carboxylic acids is 1. The van der Waals surface area contributed by atoms with Gasteiger partial charge in [0.05, 0.1) is 22.6 Å². The molecule has 0 fully saturated rings. The minimum Gasteiger partial charge on any atom is -0.492 e. The molecule has 7 nitrogen and oxygen atoms in total. The number of ether oxygens (including phenoxy) is 2. The van der Waals surface area contributed by atoms with Crippen molar-refractivity contribution < 1.29 is 22.7 Å². The van der Waals surface area contributed by atoms with Crippen molar-refractivity contribution in [3.63, 3.8) is 0 Å². The average Bonchev–Trinajstić information content (AvgIpc) is 3.10. The summed E-state index contributed by atoms with van der Waals surface area (Å²) < 4.78 is 37.5. The molecule has 0 bridgehead atoms. The van der Waals surface area contributed by atoms with Crippen LogP contribution in [0.1, 0.15) is 30.4 Å². The third-order valence-corrected chi connectivity index (χ3v) is 8.16. The molecule has 0 saturated heterocycles. The molecule has 0 spiro atoms. The van der Waals surface area contributed by atoms with Crippen LogP contribution in [0.4, 0.5) is 5.69 Å². The molecule has 1 N–H and O–H groups in total. The van der Waals surface area contributed by atoms with Crippen LogP contribution < -0.4 is 9.46 Å². The van der Waals surface area contributed by atoms with Crippen LogP contribution >= 0.6 is 23.1 Å². The second-order valence-corrected chi connectivity index (χ2v) is 10.8. The van der Waals surface area contributed by atoms with Crippen LogP contribution in [0.15, 0.2) is 28.5 Å². The molecule has 30 heavy (non-hydrogen) atoms. The van der Waals surface area contributed by atoms with Crippen molar-refractivity contribution in [2.45, 2.75) is 30.2 Å². The van der Waals surface area contributed by atoms with E-state index < -0.39 is 21.2 Å². The topological polar surface area (TPSA) is 86.1 Å². The van der Waals surface area contributed by atoms with Gasteiger partial charge in [-0.1, -0.05) is 12.1 Å². The molecule has 0 aliphatic heterocycles. The summed E-state index contributed by atoms with van der Waals surface area (Å²) >= 11 is 2.68. The highest BCUT2D eigenvalue weighted by atomic mass is 32.2. The molecule has 0 radical (unpaired) electrons. The second-order valence-electron chi connectivity index (χ2n) is 6.34. The molecule has 1 heterocycles. The maximum absolute atomic E-state index is 12.4. The highest BCUT2D eigenvalue weighted by Gasteiger charge is 2.25. The lowest BCUT2D eigenvalue weighted by molar-refractivity contribution is 0.0533. The first kappa shape index (κ1) is 24.2. The van der Waals surface area contributed by atoms with Crippen LogP contribution in [0.2, 0.25) is 0 Å². The quantitative estimate of drug-likeness (QED) is 0.238. The Kier molecular flexibility index (Phi) is 8.73. The van der Waals surface area contributed by atoms with E-state index in [2.05, 4.69) is 9.57 Å². The number of sulfonamides is 1. The summed E-state index contributed by atoms with van der Waals surface area (Å²) in [6.07, 6.45) is 1.86. The Balaban J connectivity index is 2.19. The van der Waals surface area contributed by atoms with Crippen molar-refractivity contribution in [1.29, 1.82) is 0 Å². The number of nitrogens with one attached hydrogen (secondary N) is 1. The maximum Gasteiger partial charge on any atom is 0.347 e. The van der Waals surface area contributed by atoms with Gasteiger partial charge in [0.2, 0.25) is 15.7 Å². The maximum atomic E-state index is 12.4. The minimum atomic E-state index is -3.32. The molecule has 0 saturated carbocycles. The molecule has 162 valence electrons. The van der Waals surface area contributed by atoms with E-state index in [1.807, 2.05) is 6.26 Å². The van der Waals surface area contributed by atoms with Crippen molar-refractivity contribution in [1.82, 2.24) is 4.72 Å². The lowest BCUT2D eigenvalue weighted by Gasteiger charge is -2.11. The highest BCUT2D eigenvalue weighted by Crippen LogP contribution is 2.47. The average molecular weight is 469 g/mol. The summed E-state index contributed by atoms with van der Waals surface area (Å²) in [4.78, 5) is 16.4. The van der Waals surface area contributed by atoms with Crippen LogP contribution in [0.3, 0.4) is 0 Å². The van der Waals surface area contributed by atoms with Crippen LogP contribution in [0, 0.1) is 6.57 Å². The minimum absolute atomic E-state index is 0.165. The Hall–Kier alpha value is -2.06. The highest BCUT2D eigenvalue weighted by molar-refractivity contribution is 8.00. The van der Waals surface area contributed by atoms with Gasteiger partial charge in [-0.25, -0.2) is 22.8 Å². The largest absolute Gasteiger partial charge is 0.492 e. The molecule has 1 aromatic carbocycles. The van der Waals surface area contributed by atoms with Gasteiger partial charge >= 0.3 is 5.97 Å². The third-order valence-electron chi connectivity index (χ3n) is 4.05. The van der Waals surface area contributed by atoms with Crippen LogP contribution in [0.25, 0.3) is 16.0 Å². The molecule has 0 aliphatic rings. The molecule has 0 atom stereocenters. The van der Waals surface area contributed by atoms with E-state index in [-0.39, 0.29) is 19.8 Å².